The van der Waals surface area contributed by atoms with Crippen molar-refractivity contribution in [2.75, 3.05) is 0 Å². The Balaban J connectivity index is 1.75. The monoisotopic (exact) mass is 372 g/mol. The normalized spacial score (nSPS) is 10.7. The van der Waals surface area contributed by atoms with Gasteiger partial charge in [0.25, 0.3) is 0 Å². The smallest absolute Gasteiger partial charge is 0.152 e. The highest BCUT2D eigenvalue weighted by atomic mass is 35.5. The van der Waals surface area contributed by atoms with Gasteiger partial charge in [-0.15, -0.1) is 0 Å². The zero-order valence-electron chi connectivity index (χ0n) is 14.5. The van der Waals surface area contributed by atoms with Crippen molar-refractivity contribution < 1.29 is 4.74 Å². The number of halogens is 1. The molecule has 27 heavy (non-hydrogen) atoms. The molecule has 0 N–H and O–H groups in total. The van der Waals surface area contributed by atoms with Crippen molar-refractivity contribution >= 4 is 11.6 Å². The number of benzene rings is 2. The van der Waals surface area contributed by atoms with Crippen LogP contribution in [-0.2, 0) is 0 Å². The molecule has 2 aromatic carbocycles. The van der Waals surface area contributed by atoms with Crippen LogP contribution in [0, 0.1) is 0 Å². The highest BCUT2D eigenvalue weighted by molar-refractivity contribution is 6.30. The molecule has 132 valence electrons. The lowest BCUT2D eigenvalue weighted by Crippen LogP contribution is -2.10. The van der Waals surface area contributed by atoms with Gasteiger partial charge in [0.1, 0.15) is 5.75 Å². The Bertz CT molecular complexity index is 966. The predicted molar refractivity (Wildman–Crippen MR) is 108 cm³/mol. The molecule has 4 heteroatoms. The molecule has 0 radical (unpaired) electrons. The summed E-state index contributed by atoms with van der Waals surface area (Å²) in [6, 6.07) is 23.6. The summed E-state index contributed by atoms with van der Waals surface area (Å²) in [5, 5.41) is 0.709. The maximum atomic E-state index is 6.49. The van der Waals surface area contributed by atoms with E-state index in [2.05, 4.69) is 9.97 Å². The number of para-hydroxylation sites is 1. The first kappa shape index (κ1) is 17.3. The second-order valence-corrected chi connectivity index (χ2v) is 6.51. The molecule has 4 rings (SSSR count). The van der Waals surface area contributed by atoms with Crippen LogP contribution in [0.4, 0.5) is 0 Å². The molecule has 0 saturated heterocycles. The molecule has 0 unspecified atom stereocenters. The zero-order chi connectivity index (χ0) is 18.5. The average Bonchev–Trinajstić information content (AvgIpc) is 2.74. The molecular weight excluding hydrogens is 356 g/mol. The number of hydrogen-bond donors (Lipinski definition) is 0. The Morgan fingerprint density at radius 1 is 0.704 bits per heavy atom. The molecule has 2 aromatic heterocycles. The van der Waals surface area contributed by atoms with Gasteiger partial charge in [-0.05, 0) is 35.9 Å². The van der Waals surface area contributed by atoms with Gasteiger partial charge in [-0.2, -0.15) is 0 Å². The van der Waals surface area contributed by atoms with E-state index in [0.717, 1.165) is 28.0 Å². The van der Waals surface area contributed by atoms with Gasteiger partial charge in [-0.1, -0.05) is 54.1 Å². The van der Waals surface area contributed by atoms with Crippen LogP contribution >= 0.6 is 11.6 Å². The van der Waals surface area contributed by atoms with E-state index in [1.54, 1.807) is 12.4 Å². The van der Waals surface area contributed by atoms with Gasteiger partial charge in [0.15, 0.2) is 6.10 Å². The fraction of sp³-hybridized carbons (Fsp3) is 0.0435. The topological polar surface area (TPSA) is 35.0 Å². The van der Waals surface area contributed by atoms with E-state index in [4.69, 9.17) is 16.3 Å². The maximum absolute atomic E-state index is 6.49. The van der Waals surface area contributed by atoms with Crippen LogP contribution in [0.2, 0.25) is 5.02 Å². The summed E-state index contributed by atoms with van der Waals surface area (Å²) in [4.78, 5) is 8.50. The summed E-state index contributed by atoms with van der Waals surface area (Å²) in [5.74, 6) is 0.789. The predicted octanol–water partition coefficient (Wildman–Crippen LogP) is 5.97. The van der Waals surface area contributed by atoms with Crippen molar-refractivity contribution in [3.05, 3.63) is 114 Å². The molecule has 4 aromatic rings. The van der Waals surface area contributed by atoms with Gasteiger partial charge in [0.2, 0.25) is 0 Å². The summed E-state index contributed by atoms with van der Waals surface area (Å²) in [7, 11) is 0. The molecule has 0 atom stereocenters. The Morgan fingerprint density at radius 3 is 1.93 bits per heavy atom. The van der Waals surface area contributed by atoms with Crippen LogP contribution in [-0.4, -0.2) is 9.97 Å². The average molecular weight is 373 g/mol. The lowest BCUT2D eigenvalue weighted by molar-refractivity contribution is 0.247. The van der Waals surface area contributed by atoms with Gasteiger partial charge in [0.05, 0.1) is 0 Å². The number of hydrogen-bond acceptors (Lipinski definition) is 3. The number of nitrogens with zero attached hydrogens (tertiary/aromatic N) is 2. The quantitative estimate of drug-likeness (QED) is 0.433. The molecule has 0 saturated carbocycles. The fourth-order valence-electron chi connectivity index (χ4n) is 2.95. The molecule has 0 fully saturated rings. The SMILES string of the molecule is Clc1ccc(-c2ccccc2OC(c2cccnc2)c2cccnc2)cc1. The van der Waals surface area contributed by atoms with Crippen molar-refractivity contribution in [1.82, 2.24) is 9.97 Å². The van der Waals surface area contributed by atoms with Crippen LogP contribution in [0.5, 0.6) is 5.75 Å². The van der Waals surface area contributed by atoms with Gasteiger partial charge in [-0.25, -0.2) is 0 Å². The minimum absolute atomic E-state index is 0.305. The Morgan fingerprint density at radius 2 is 1.33 bits per heavy atom. The Kier molecular flexibility index (Phi) is 5.13. The van der Waals surface area contributed by atoms with Crippen molar-refractivity contribution in [2.24, 2.45) is 0 Å². The minimum Gasteiger partial charge on any atom is -0.480 e. The summed E-state index contributed by atoms with van der Waals surface area (Å²) in [5.41, 5.74) is 3.99. The highest BCUT2D eigenvalue weighted by Crippen LogP contribution is 2.35. The van der Waals surface area contributed by atoms with Gasteiger partial charge >= 0.3 is 0 Å². The number of pyridine rings is 2. The van der Waals surface area contributed by atoms with Crippen LogP contribution in [0.1, 0.15) is 17.2 Å². The lowest BCUT2D eigenvalue weighted by Gasteiger charge is -2.21. The molecule has 0 aliphatic rings. The van der Waals surface area contributed by atoms with Crippen LogP contribution in [0.3, 0.4) is 0 Å². The van der Waals surface area contributed by atoms with Gasteiger partial charge < -0.3 is 4.74 Å². The summed E-state index contributed by atoms with van der Waals surface area (Å²) >= 11 is 6.04. The molecule has 0 bridgehead atoms. The van der Waals surface area contributed by atoms with E-state index < -0.39 is 0 Å². The third kappa shape index (κ3) is 3.99. The van der Waals surface area contributed by atoms with Crippen LogP contribution in [0.25, 0.3) is 11.1 Å². The van der Waals surface area contributed by atoms with Crippen LogP contribution < -0.4 is 4.74 Å². The zero-order valence-corrected chi connectivity index (χ0v) is 15.3. The Labute approximate surface area is 163 Å². The van der Waals surface area contributed by atoms with Gasteiger partial charge in [0, 0.05) is 46.5 Å². The Hall–Kier alpha value is -3.17. The maximum Gasteiger partial charge on any atom is 0.152 e. The van der Waals surface area contributed by atoms with Crippen molar-refractivity contribution in [2.45, 2.75) is 6.10 Å². The van der Waals surface area contributed by atoms with Crippen LogP contribution in [0.15, 0.2) is 97.6 Å². The van der Waals surface area contributed by atoms with E-state index in [1.807, 2.05) is 85.2 Å². The highest BCUT2D eigenvalue weighted by Gasteiger charge is 2.18. The molecule has 0 aliphatic carbocycles. The third-order valence-electron chi connectivity index (χ3n) is 4.26. The van der Waals surface area contributed by atoms with E-state index in [9.17, 15) is 0 Å². The number of ether oxygens (including phenoxy) is 1. The summed E-state index contributed by atoms with van der Waals surface area (Å²) in [6.07, 6.45) is 6.85. The molecule has 0 spiro atoms. The molecule has 3 nitrogen and oxygen atoms in total. The standard InChI is InChI=1S/C23H17ClN2O/c24-20-11-9-17(10-12-20)21-7-1-2-8-22(21)27-23(18-5-3-13-25-15-18)19-6-4-14-26-16-19/h1-16,23H. The second kappa shape index (κ2) is 8.02. The van der Waals surface area contributed by atoms with E-state index >= 15 is 0 Å². The fourth-order valence-corrected chi connectivity index (χ4v) is 3.08. The summed E-state index contributed by atoms with van der Waals surface area (Å²) in [6.45, 7) is 0. The minimum atomic E-state index is -0.305. The second-order valence-electron chi connectivity index (χ2n) is 6.07. The largest absolute Gasteiger partial charge is 0.480 e. The number of rotatable bonds is 5. The van der Waals surface area contributed by atoms with Crippen molar-refractivity contribution in [3.8, 4) is 16.9 Å². The van der Waals surface area contributed by atoms with E-state index in [0.29, 0.717) is 5.02 Å². The first-order valence-corrected chi connectivity index (χ1v) is 9.00. The van der Waals surface area contributed by atoms with E-state index in [-0.39, 0.29) is 6.10 Å². The lowest BCUT2D eigenvalue weighted by atomic mass is 10.0. The van der Waals surface area contributed by atoms with E-state index in [1.165, 1.54) is 0 Å². The first-order valence-electron chi connectivity index (χ1n) is 8.63. The van der Waals surface area contributed by atoms with Gasteiger partial charge in [-0.3, -0.25) is 9.97 Å². The summed E-state index contributed by atoms with van der Waals surface area (Å²) < 4.78 is 6.49. The molecule has 0 aliphatic heterocycles. The molecule has 0 amide bonds. The molecule has 2 heterocycles. The third-order valence-corrected chi connectivity index (χ3v) is 4.51. The first-order chi connectivity index (χ1) is 13.3. The number of aromatic nitrogens is 2. The molecular formula is C23H17ClN2O. The van der Waals surface area contributed by atoms with Crippen molar-refractivity contribution in [1.29, 1.82) is 0 Å². The van der Waals surface area contributed by atoms with Crippen molar-refractivity contribution in [3.63, 3.8) is 0 Å².